The lowest BCUT2D eigenvalue weighted by molar-refractivity contribution is -0.120. The summed E-state index contributed by atoms with van der Waals surface area (Å²) >= 11 is 7.46. The van der Waals surface area contributed by atoms with Gasteiger partial charge in [-0.15, -0.1) is 0 Å². The maximum Gasteiger partial charge on any atom is 0.262 e. The number of rotatable bonds is 7. The van der Waals surface area contributed by atoms with Gasteiger partial charge in [-0.1, -0.05) is 67.5 Å². The number of nitrogens with one attached hydrogen (secondary N) is 1. The van der Waals surface area contributed by atoms with Crippen LogP contribution in [0.5, 0.6) is 0 Å². The molecule has 1 atom stereocenters. The number of halogens is 1. The Morgan fingerprint density at radius 1 is 1.26 bits per heavy atom. The highest BCUT2D eigenvalue weighted by Gasteiger charge is 2.30. The number of thioether (sulfide) groups is 1. The SMILES string of the molecule is CC(C)C(C)(C#N)NC(=O)CSc1nc2ccccc2c(=O)n1Cc1ccccc1Cl. The standard InChI is InChI=1S/C23H23ClN4O2S/c1-15(2)23(3,14-25)27-20(29)13-31-22-26-19-11-7-5-9-17(19)21(30)28(22)12-16-8-4-6-10-18(16)24/h4-11,15H,12-13H2,1-3H3,(H,27,29). The molecule has 0 radical (unpaired) electrons. The van der Waals surface area contributed by atoms with Crippen LogP contribution in [0.25, 0.3) is 10.9 Å². The fraction of sp³-hybridized carbons (Fsp3) is 0.304. The third-order valence-electron chi connectivity index (χ3n) is 5.23. The average Bonchev–Trinajstić information content (AvgIpc) is 2.75. The molecule has 8 heteroatoms. The Bertz CT molecular complexity index is 1220. The molecule has 0 spiro atoms. The number of carbonyl (C=O) groups is 1. The lowest BCUT2D eigenvalue weighted by atomic mass is 9.90. The predicted molar refractivity (Wildman–Crippen MR) is 124 cm³/mol. The summed E-state index contributed by atoms with van der Waals surface area (Å²) < 4.78 is 1.54. The normalized spacial score (nSPS) is 13.0. The van der Waals surface area contributed by atoms with Gasteiger partial charge in [0.15, 0.2) is 5.16 Å². The van der Waals surface area contributed by atoms with Crippen molar-refractivity contribution in [1.82, 2.24) is 14.9 Å². The maximum atomic E-state index is 13.2. The van der Waals surface area contributed by atoms with Crippen LogP contribution in [0.3, 0.4) is 0 Å². The van der Waals surface area contributed by atoms with Crippen LogP contribution in [0, 0.1) is 17.2 Å². The zero-order valence-electron chi connectivity index (χ0n) is 17.6. The highest BCUT2D eigenvalue weighted by Crippen LogP contribution is 2.22. The first kappa shape index (κ1) is 22.9. The Hall–Kier alpha value is -2.82. The second-order valence-corrected chi connectivity index (χ2v) is 9.05. The van der Waals surface area contributed by atoms with Crippen molar-refractivity contribution in [3.05, 3.63) is 69.5 Å². The van der Waals surface area contributed by atoms with E-state index in [9.17, 15) is 14.9 Å². The third kappa shape index (κ3) is 5.09. The van der Waals surface area contributed by atoms with E-state index in [1.165, 1.54) is 4.57 Å². The first-order valence-corrected chi connectivity index (χ1v) is 11.2. The van der Waals surface area contributed by atoms with Gasteiger partial charge in [0.2, 0.25) is 5.91 Å². The Balaban J connectivity index is 1.94. The fourth-order valence-electron chi connectivity index (χ4n) is 2.95. The minimum atomic E-state index is -0.967. The first-order chi connectivity index (χ1) is 14.7. The molecular formula is C23H23ClN4O2S. The molecule has 0 saturated carbocycles. The molecule has 0 aliphatic rings. The number of fused-ring (bicyclic) bond motifs is 1. The van der Waals surface area contributed by atoms with E-state index in [0.29, 0.717) is 21.1 Å². The number of aromatic nitrogens is 2. The van der Waals surface area contributed by atoms with Crippen LogP contribution >= 0.6 is 23.4 Å². The quantitative estimate of drug-likeness (QED) is 0.426. The number of para-hydroxylation sites is 1. The predicted octanol–water partition coefficient (Wildman–Crippen LogP) is 4.24. The second-order valence-electron chi connectivity index (χ2n) is 7.70. The number of benzene rings is 2. The van der Waals surface area contributed by atoms with Crippen molar-refractivity contribution < 1.29 is 4.79 Å². The number of nitriles is 1. The second kappa shape index (κ2) is 9.54. The van der Waals surface area contributed by atoms with Gasteiger partial charge < -0.3 is 5.32 Å². The lowest BCUT2D eigenvalue weighted by Crippen LogP contribution is -2.49. The van der Waals surface area contributed by atoms with E-state index in [0.717, 1.165) is 17.3 Å². The summed E-state index contributed by atoms with van der Waals surface area (Å²) in [5.74, 6) is -0.324. The molecule has 2 aromatic carbocycles. The molecule has 0 fully saturated rings. The molecule has 31 heavy (non-hydrogen) atoms. The number of nitrogens with zero attached hydrogens (tertiary/aromatic N) is 3. The monoisotopic (exact) mass is 454 g/mol. The van der Waals surface area contributed by atoms with Crippen molar-refractivity contribution in [3.8, 4) is 6.07 Å². The van der Waals surface area contributed by atoms with Crippen LogP contribution in [0.2, 0.25) is 5.02 Å². The van der Waals surface area contributed by atoms with Gasteiger partial charge in [-0.3, -0.25) is 14.2 Å². The summed E-state index contributed by atoms with van der Waals surface area (Å²) in [6, 6.07) is 16.6. The Morgan fingerprint density at radius 3 is 2.61 bits per heavy atom. The van der Waals surface area contributed by atoms with Gasteiger partial charge in [0.25, 0.3) is 5.56 Å². The molecular weight excluding hydrogens is 432 g/mol. The molecule has 160 valence electrons. The van der Waals surface area contributed by atoms with Crippen molar-refractivity contribution in [2.45, 2.75) is 38.0 Å². The zero-order valence-corrected chi connectivity index (χ0v) is 19.1. The topological polar surface area (TPSA) is 87.8 Å². The van der Waals surface area contributed by atoms with Gasteiger partial charge >= 0.3 is 0 Å². The smallest absolute Gasteiger partial charge is 0.262 e. The average molecular weight is 455 g/mol. The van der Waals surface area contributed by atoms with Gasteiger partial charge in [0, 0.05) is 5.02 Å². The maximum absolute atomic E-state index is 13.2. The van der Waals surface area contributed by atoms with E-state index in [-0.39, 0.29) is 29.7 Å². The molecule has 1 amide bonds. The van der Waals surface area contributed by atoms with E-state index >= 15 is 0 Å². The zero-order chi connectivity index (χ0) is 22.6. The van der Waals surface area contributed by atoms with E-state index in [1.54, 1.807) is 31.2 Å². The van der Waals surface area contributed by atoms with Gasteiger partial charge in [-0.2, -0.15) is 5.26 Å². The van der Waals surface area contributed by atoms with E-state index < -0.39 is 5.54 Å². The molecule has 0 aliphatic heterocycles. The third-order valence-corrected chi connectivity index (χ3v) is 6.58. The fourth-order valence-corrected chi connectivity index (χ4v) is 3.95. The van der Waals surface area contributed by atoms with Crippen LogP contribution in [-0.4, -0.2) is 26.8 Å². The largest absolute Gasteiger partial charge is 0.337 e. The van der Waals surface area contributed by atoms with Gasteiger partial charge in [-0.05, 0) is 36.6 Å². The summed E-state index contributed by atoms with van der Waals surface area (Å²) in [7, 11) is 0. The Kier molecular flexibility index (Phi) is 7.04. The van der Waals surface area contributed by atoms with Crippen molar-refractivity contribution in [2.75, 3.05) is 5.75 Å². The number of hydrogen-bond donors (Lipinski definition) is 1. The Morgan fingerprint density at radius 2 is 1.94 bits per heavy atom. The highest BCUT2D eigenvalue weighted by molar-refractivity contribution is 7.99. The molecule has 3 rings (SSSR count). The van der Waals surface area contributed by atoms with Crippen LogP contribution in [0.1, 0.15) is 26.3 Å². The number of carbonyl (C=O) groups excluding carboxylic acids is 1. The van der Waals surface area contributed by atoms with E-state index in [4.69, 9.17) is 11.6 Å². The molecule has 6 nitrogen and oxygen atoms in total. The Labute approximate surface area is 190 Å². The van der Waals surface area contributed by atoms with Crippen molar-refractivity contribution in [3.63, 3.8) is 0 Å². The summed E-state index contributed by atoms with van der Waals surface area (Å²) in [6.45, 7) is 5.69. The van der Waals surface area contributed by atoms with Gasteiger partial charge in [-0.25, -0.2) is 4.98 Å². The molecule has 0 aliphatic carbocycles. The minimum Gasteiger partial charge on any atom is -0.337 e. The molecule has 1 unspecified atom stereocenters. The summed E-state index contributed by atoms with van der Waals surface area (Å²) in [6.07, 6.45) is 0. The molecule has 0 bridgehead atoms. The molecule has 3 aromatic rings. The van der Waals surface area contributed by atoms with E-state index in [1.807, 2.05) is 38.1 Å². The molecule has 0 saturated heterocycles. The van der Waals surface area contributed by atoms with Crippen molar-refractivity contribution >= 4 is 40.2 Å². The highest BCUT2D eigenvalue weighted by atomic mass is 35.5. The minimum absolute atomic E-state index is 0.0251. The van der Waals surface area contributed by atoms with Crippen molar-refractivity contribution in [2.24, 2.45) is 5.92 Å². The molecule has 1 heterocycles. The van der Waals surface area contributed by atoms with Crippen LogP contribution < -0.4 is 10.9 Å². The number of hydrogen-bond acceptors (Lipinski definition) is 5. The van der Waals surface area contributed by atoms with Crippen LogP contribution in [-0.2, 0) is 11.3 Å². The van der Waals surface area contributed by atoms with E-state index in [2.05, 4.69) is 16.4 Å². The lowest BCUT2D eigenvalue weighted by Gasteiger charge is -2.27. The van der Waals surface area contributed by atoms with Gasteiger partial charge in [0.05, 0.1) is 29.3 Å². The number of amides is 1. The summed E-state index contributed by atoms with van der Waals surface area (Å²) in [5, 5.41) is 13.7. The van der Waals surface area contributed by atoms with Gasteiger partial charge in [0.1, 0.15) is 5.54 Å². The van der Waals surface area contributed by atoms with Crippen LogP contribution in [0.4, 0.5) is 0 Å². The summed E-state index contributed by atoms with van der Waals surface area (Å²) in [4.78, 5) is 30.4. The molecule has 1 N–H and O–H groups in total. The van der Waals surface area contributed by atoms with Crippen molar-refractivity contribution in [1.29, 1.82) is 5.26 Å². The molecule has 1 aromatic heterocycles. The van der Waals surface area contributed by atoms with Crippen LogP contribution in [0.15, 0.2) is 58.5 Å². The first-order valence-electron chi connectivity index (χ1n) is 9.83. The summed E-state index contributed by atoms with van der Waals surface area (Å²) in [5.41, 5.74) is 0.185.